The Kier molecular flexibility index (Phi) is 6.15. The van der Waals surface area contributed by atoms with Crippen LogP contribution in [-0.4, -0.2) is 45.4 Å². The Bertz CT molecular complexity index is 809. The van der Waals surface area contributed by atoms with Gasteiger partial charge in [-0.05, 0) is 35.7 Å². The molecule has 0 radical (unpaired) electrons. The fourth-order valence-electron chi connectivity index (χ4n) is 3.91. The molecule has 0 bridgehead atoms. The van der Waals surface area contributed by atoms with E-state index in [1.54, 1.807) is 0 Å². The van der Waals surface area contributed by atoms with Crippen LogP contribution >= 0.6 is 11.6 Å². The lowest BCUT2D eigenvalue weighted by Gasteiger charge is -2.30. The molecule has 0 spiro atoms. The van der Waals surface area contributed by atoms with E-state index in [-0.39, 0.29) is 17.9 Å². The first kappa shape index (κ1) is 19.2. The Labute approximate surface area is 170 Å². The Morgan fingerprint density at radius 3 is 2.75 bits per heavy atom. The predicted octanol–water partition coefficient (Wildman–Crippen LogP) is 1.66. The van der Waals surface area contributed by atoms with Gasteiger partial charge in [0.05, 0.1) is 19.1 Å². The summed E-state index contributed by atoms with van der Waals surface area (Å²) < 4.78 is 11.3. The first-order chi connectivity index (χ1) is 13.7. The van der Waals surface area contributed by atoms with Crippen LogP contribution in [0.15, 0.2) is 48.5 Å². The Morgan fingerprint density at radius 1 is 1.18 bits per heavy atom. The van der Waals surface area contributed by atoms with Gasteiger partial charge in [0, 0.05) is 5.02 Å². The molecule has 2 aliphatic heterocycles. The molecular weight excluding hydrogens is 376 g/mol. The molecule has 4 rings (SSSR count). The molecule has 2 aromatic rings. The molecule has 0 unspecified atom stereocenters. The minimum absolute atomic E-state index is 0.0254. The molecule has 5 nitrogen and oxygen atoms in total. The van der Waals surface area contributed by atoms with E-state index in [2.05, 4.69) is 17.4 Å². The maximum Gasteiger partial charge on any atom is 0.227 e. The number of rotatable bonds is 5. The monoisotopic (exact) mass is 401 g/mol. The molecule has 1 saturated heterocycles. The van der Waals surface area contributed by atoms with Crippen LogP contribution in [0, 0.1) is 5.92 Å². The summed E-state index contributed by atoms with van der Waals surface area (Å²) in [5.41, 5.74) is 2.13. The molecule has 2 N–H and O–H groups in total. The highest BCUT2D eigenvalue weighted by Crippen LogP contribution is 2.30. The second-order valence-electron chi connectivity index (χ2n) is 7.50. The number of morpholine rings is 1. The van der Waals surface area contributed by atoms with Crippen LogP contribution in [0.4, 0.5) is 0 Å². The molecule has 1 fully saturated rings. The quantitative estimate of drug-likeness (QED) is 0.801. The average Bonchev–Trinajstić information content (AvgIpc) is 2.74. The Morgan fingerprint density at radius 2 is 1.96 bits per heavy atom. The van der Waals surface area contributed by atoms with Crippen molar-refractivity contribution in [2.24, 2.45) is 5.92 Å². The lowest BCUT2D eigenvalue weighted by atomic mass is 9.95. The van der Waals surface area contributed by atoms with Gasteiger partial charge >= 0.3 is 0 Å². The van der Waals surface area contributed by atoms with E-state index in [0.717, 1.165) is 49.7 Å². The van der Waals surface area contributed by atoms with Crippen molar-refractivity contribution in [2.45, 2.75) is 12.5 Å². The molecule has 2 atom stereocenters. The van der Waals surface area contributed by atoms with Crippen LogP contribution in [0.2, 0.25) is 5.02 Å². The molecule has 148 valence electrons. The SMILES string of the molecule is O=C(N[C@@H](C[NH+]1CCOCC1)c1ccccc1)[C@@H]1COc2ccc(Cl)cc2C1. The topological polar surface area (TPSA) is 52.0 Å². The van der Waals surface area contributed by atoms with Crippen molar-refractivity contribution in [1.29, 1.82) is 0 Å². The average molecular weight is 402 g/mol. The normalized spacial score (nSPS) is 20.7. The van der Waals surface area contributed by atoms with Crippen LogP contribution in [0.25, 0.3) is 0 Å². The minimum Gasteiger partial charge on any atom is -0.492 e. The largest absolute Gasteiger partial charge is 0.492 e. The smallest absolute Gasteiger partial charge is 0.227 e. The van der Waals surface area contributed by atoms with Crippen molar-refractivity contribution in [2.75, 3.05) is 39.5 Å². The Hall–Kier alpha value is -2.08. The van der Waals surface area contributed by atoms with Crippen LogP contribution in [0.5, 0.6) is 5.75 Å². The molecule has 0 saturated carbocycles. The zero-order valence-corrected chi connectivity index (χ0v) is 16.6. The molecule has 6 heteroatoms. The summed E-state index contributed by atoms with van der Waals surface area (Å²) in [7, 11) is 0. The highest BCUT2D eigenvalue weighted by Gasteiger charge is 2.30. The van der Waals surface area contributed by atoms with Crippen molar-refractivity contribution >= 4 is 17.5 Å². The first-order valence-electron chi connectivity index (χ1n) is 9.87. The summed E-state index contributed by atoms with van der Waals surface area (Å²) in [6.07, 6.45) is 0.646. The molecule has 2 aromatic carbocycles. The second-order valence-corrected chi connectivity index (χ2v) is 7.94. The van der Waals surface area contributed by atoms with Gasteiger partial charge in [-0.25, -0.2) is 0 Å². The van der Waals surface area contributed by atoms with E-state index in [1.165, 1.54) is 4.90 Å². The van der Waals surface area contributed by atoms with E-state index in [1.807, 2.05) is 36.4 Å². The number of benzene rings is 2. The van der Waals surface area contributed by atoms with Gasteiger partial charge in [-0.3, -0.25) is 4.79 Å². The number of amides is 1. The van der Waals surface area contributed by atoms with E-state index in [0.29, 0.717) is 18.1 Å². The number of hydrogen-bond acceptors (Lipinski definition) is 3. The minimum atomic E-state index is -0.211. The third-order valence-corrected chi connectivity index (χ3v) is 5.75. The maximum atomic E-state index is 13.1. The van der Waals surface area contributed by atoms with Gasteiger partial charge in [0.15, 0.2) is 0 Å². The standard InChI is InChI=1S/C22H25ClN2O3/c23-19-6-7-21-17(13-19)12-18(15-28-21)22(26)24-20(16-4-2-1-3-5-16)14-25-8-10-27-11-9-25/h1-7,13,18,20H,8-12,14-15H2,(H,24,26)/p+1/t18-,20-/m0/s1. The number of carbonyl (C=O) groups is 1. The maximum absolute atomic E-state index is 13.1. The van der Waals surface area contributed by atoms with Gasteiger partial charge in [0.1, 0.15) is 38.0 Å². The van der Waals surface area contributed by atoms with Crippen LogP contribution in [0.1, 0.15) is 17.2 Å². The van der Waals surface area contributed by atoms with Crippen molar-refractivity contribution in [1.82, 2.24) is 5.32 Å². The van der Waals surface area contributed by atoms with Crippen LogP contribution < -0.4 is 15.0 Å². The summed E-state index contributed by atoms with van der Waals surface area (Å²) in [5, 5.41) is 3.95. The third-order valence-electron chi connectivity index (χ3n) is 5.51. The van der Waals surface area contributed by atoms with Crippen LogP contribution in [0.3, 0.4) is 0 Å². The molecule has 1 amide bonds. The number of quaternary nitrogens is 1. The molecule has 28 heavy (non-hydrogen) atoms. The fourth-order valence-corrected chi connectivity index (χ4v) is 4.11. The van der Waals surface area contributed by atoms with Gasteiger partial charge in [-0.15, -0.1) is 0 Å². The summed E-state index contributed by atoms with van der Waals surface area (Å²) in [4.78, 5) is 14.5. The van der Waals surface area contributed by atoms with Gasteiger partial charge < -0.3 is 19.7 Å². The summed E-state index contributed by atoms with van der Waals surface area (Å²) in [5.74, 6) is 0.648. The second kappa shape index (κ2) is 8.95. The highest BCUT2D eigenvalue weighted by molar-refractivity contribution is 6.30. The van der Waals surface area contributed by atoms with E-state index >= 15 is 0 Å². The van der Waals surface area contributed by atoms with Crippen molar-refractivity contribution in [3.8, 4) is 5.75 Å². The van der Waals surface area contributed by atoms with E-state index < -0.39 is 0 Å². The number of fused-ring (bicyclic) bond motifs is 1. The van der Waals surface area contributed by atoms with Gasteiger partial charge in [0.25, 0.3) is 0 Å². The zero-order valence-electron chi connectivity index (χ0n) is 15.8. The Balaban J connectivity index is 1.46. The number of carbonyl (C=O) groups excluding carboxylic acids is 1. The van der Waals surface area contributed by atoms with Crippen molar-refractivity contribution in [3.05, 3.63) is 64.7 Å². The molecule has 0 aromatic heterocycles. The molecule has 0 aliphatic carbocycles. The van der Waals surface area contributed by atoms with Crippen LogP contribution in [-0.2, 0) is 16.0 Å². The lowest BCUT2D eigenvalue weighted by molar-refractivity contribution is -0.909. The summed E-state index contributed by atoms with van der Waals surface area (Å²) in [6.45, 7) is 4.74. The number of halogens is 1. The van der Waals surface area contributed by atoms with Gasteiger partial charge in [-0.2, -0.15) is 0 Å². The number of nitrogens with one attached hydrogen (secondary N) is 2. The number of ether oxygens (including phenoxy) is 2. The highest BCUT2D eigenvalue weighted by atomic mass is 35.5. The van der Waals surface area contributed by atoms with Gasteiger partial charge in [0.2, 0.25) is 5.91 Å². The summed E-state index contributed by atoms with van der Waals surface area (Å²) in [6, 6.07) is 15.8. The molecule has 2 aliphatic rings. The fraction of sp³-hybridized carbons (Fsp3) is 0.409. The van der Waals surface area contributed by atoms with Crippen molar-refractivity contribution < 1.29 is 19.2 Å². The van der Waals surface area contributed by atoms with Gasteiger partial charge in [-0.1, -0.05) is 41.9 Å². The van der Waals surface area contributed by atoms with E-state index in [9.17, 15) is 4.79 Å². The summed E-state index contributed by atoms with van der Waals surface area (Å²) >= 11 is 6.11. The van der Waals surface area contributed by atoms with Crippen molar-refractivity contribution in [3.63, 3.8) is 0 Å². The predicted molar refractivity (Wildman–Crippen MR) is 108 cm³/mol. The molecular formula is C22H26ClN2O3+. The lowest BCUT2D eigenvalue weighted by Crippen LogP contribution is -3.14. The van der Waals surface area contributed by atoms with E-state index in [4.69, 9.17) is 21.1 Å². The molecule has 2 heterocycles. The zero-order chi connectivity index (χ0) is 19.3. The third kappa shape index (κ3) is 4.66. The number of hydrogen-bond donors (Lipinski definition) is 2. The first-order valence-corrected chi connectivity index (χ1v) is 10.2.